The fourth-order valence-electron chi connectivity index (χ4n) is 1.57. The predicted octanol–water partition coefficient (Wildman–Crippen LogP) is 3.59. The van der Waals surface area contributed by atoms with E-state index >= 15 is 0 Å². The second-order valence-corrected chi connectivity index (χ2v) is 5.23. The van der Waals surface area contributed by atoms with Gasteiger partial charge < -0.3 is 0 Å². The van der Waals surface area contributed by atoms with Gasteiger partial charge in [-0.25, -0.2) is 5.43 Å². The van der Waals surface area contributed by atoms with E-state index < -0.39 is 0 Å². The van der Waals surface area contributed by atoms with E-state index in [1.165, 1.54) is 11.8 Å². The Labute approximate surface area is 128 Å². The molecule has 2 rings (SSSR count). The first-order chi connectivity index (χ1) is 10.3. The summed E-state index contributed by atoms with van der Waals surface area (Å²) in [5.41, 5.74) is 3.59. The first-order valence-electron chi connectivity index (χ1n) is 6.56. The van der Waals surface area contributed by atoms with Crippen molar-refractivity contribution in [2.45, 2.75) is 4.90 Å². The molecule has 0 saturated carbocycles. The third-order valence-electron chi connectivity index (χ3n) is 2.55. The second-order valence-electron chi connectivity index (χ2n) is 4.18. The molecule has 0 radical (unpaired) electrons. The van der Waals surface area contributed by atoms with Crippen LogP contribution in [0.25, 0.3) is 6.08 Å². The summed E-state index contributed by atoms with van der Waals surface area (Å²) in [7, 11) is 0. The first-order valence-corrected chi connectivity index (χ1v) is 7.54. The summed E-state index contributed by atoms with van der Waals surface area (Å²) in [5.74, 6) is 0.234. The van der Waals surface area contributed by atoms with Gasteiger partial charge in [-0.15, -0.1) is 11.8 Å². The summed E-state index contributed by atoms with van der Waals surface area (Å²) in [5, 5.41) is 3.87. The van der Waals surface area contributed by atoms with E-state index in [-0.39, 0.29) is 5.91 Å². The van der Waals surface area contributed by atoms with Crippen molar-refractivity contribution in [3.8, 4) is 0 Å². The quantitative estimate of drug-likeness (QED) is 0.503. The maximum atomic E-state index is 11.6. The molecule has 0 bridgehead atoms. The SMILES string of the molecule is O=C(CSc1ccccc1)N/N=C/C=C/c1ccccc1. The Kier molecular flexibility index (Phi) is 6.29. The fraction of sp³-hybridized carbons (Fsp3) is 0.0588. The number of allylic oxidation sites excluding steroid dienone is 1. The maximum Gasteiger partial charge on any atom is 0.250 e. The highest BCUT2D eigenvalue weighted by molar-refractivity contribution is 8.00. The molecule has 0 spiro atoms. The largest absolute Gasteiger partial charge is 0.272 e. The van der Waals surface area contributed by atoms with Crippen LogP contribution in [0.3, 0.4) is 0 Å². The van der Waals surface area contributed by atoms with Crippen LogP contribution in [0, 0.1) is 0 Å². The van der Waals surface area contributed by atoms with E-state index in [1.54, 1.807) is 12.3 Å². The molecule has 4 heteroatoms. The summed E-state index contributed by atoms with van der Waals surface area (Å²) in [6, 6.07) is 19.7. The average Bonchev–Trinajstić information content (AvgIpc) is 2.54. The number of hydrogen-bond donors (Lipinski definition) is 1. The Bertz CT molecular complexity index is 609. The molecule has 2 aromatic rings. The van der Waals surface area contributed by atoms with Crippen molar-refractivity contribution in [3.05, 3.63) is 72.3 Å². The van der Waals surface area contributed by atoms with Crippen LogP contribution in [0.5, 0.6) is 0 Å². The molecule has 1 amide bonds. The van der Waals surface area contributed by atoms with Crippen LogP contribution in [-0.4, -0.2) is 17.9 Å². The normalized spacial score (nSPS) is 11.0. The van der Waals surface area contributed by atoms with E-state index in [4.69, 9.17) is 0 Å². The standard InChI is InChI=1S/C17H16N2OS/c20-17(14-21-16-11-5-2-6-12-16)19-18-13-7-10-15-8-3-1-4-9-15/h1-13H,14H2,(H,19,20)/b10-7+,18-13+. The molecule has 0 heterocycles. The second kappa shape index (κ2) is 8.76. The lowest BCUT2D eigenvalue weighted by molar-refractivity contribution is -0.118. The summed E-state index contributed by atoms with van der Waals surface area (Å²) in [6.07, 6.45) is 5.28. The van der Waals surface area contributed by atoms with E-state index in [0.29, 0.717) is 5.75 Å². The van der Waals surface area contributed by atoms with E-state index in [1.807, 2.05) is 66.7 Å². The van der Waals surface area contributed by atoms with Crippen molar-refractivity contribution in [2.75, 3.05) is 5.75 Å². The summed E-state index contributed by atoms with van der Waals surface area (Å²) in [6.45, 7) is 0. The highest BCUT2D eigenvalue weighted by Crippen LogP contribution is 2.15. The number of rotatable bonds is 6. The summed E-state index contributed by atoms with van der Waals surface area (Å²) >= 11 is 1.49. The van der Waals surface area contributed by atoms with Gasteiger partial charge in [-0.2, -0.15) is 5.10 Å². The molecule has 0 fully saturated rings. The van der Waals surface area contributed by atoms with E-state index in [0.717, 1.165) is 10.5 Å². The smallest absolute Gasteiger partial charge is 0.250 e. The third-order valence-corrected chi connectivity index (χ3v) is 3.56. The lowest BCUT2D eigenvalue weighted by atomic mass is 10.2. The van der Waals surface area contributed by atoms with Gasteiger partial charge in [0.05, 0.1) is 5.75 Å². The topological polar surface area (TPSA) is 41.5 Å². The Balaban J connectivity index is 1.69. The van der Waals surface area contributed by atoms with Crippen molar-refractivity contribution < 1.29 is 4.79 Å². The van der Waals surface area contributed by atoms with Crippen molar-refractivity contribution in [1.29, 1.82) is 0 Å². The first kappa shape index (κ1) is 15.1. The minimum atomic E-state index is -0.117. The number of hydrazone groups is 1. The van der Waals surface area contributed by atoms with Crippen molar-refractivity contribution >= 4 is 30.0 Å². The molecular formula is C17H16N2OS. The Morgan fingerprint density at radius 2 is 1.71 bits per heavy atom. The van der Waals surface area contributed by atoms with Gasteiger partial charge in [0.15, 0.2) is 0 Å². The van der Waals surface area contributed by atoms with Gasteiger partial charge in [0.25, 0.3) is 0 Å². The third kappa shape index (κ3) is 6.10. The Morgan fingerprint density at radius 3 is 2.43 bits per heavy atom. The molecule has 0 aliphatic carbocycles. The van der Waals surface area contributed by atoms with Gasteiger partial charge in [-0.3, -0.25) is 4.79 Å². The Hall–Kier alpha value is -2.33. The minimum absolute atomic E-state index is 0.117. The number of thioether (sulfide) groups is 1. The lowest BCUT2D eigenvalue weighted by Gasteiger charge is -1.99. The monoisotopic (exact) mass is 296 g/mol. The lowest BCUT2D eigenvalue weighted by Crippen LogP contribution is -2.19. The zero-order chi connectivity index (χ0) is 14.8. The number of carbonyl (C=O) groups is 1. The maximum absolute atomic E-state index is 11.6. The van der Waals surface area contributed by atoms with Crippen LogP contribution < -0.4 is 5.43 Å². The number of carbonyl (C=O) groups excluding carboxylic acids is 1. The molecule has 0 atom stereocenters. The molecular weight excluding hydrogens is 280 g/mol. The molecule has 0 saturated heterocycles. The molecule has 0 aromatic heterocycles. The molecule has 106 valence electrons. The van der Waals surface area contributed by atoms with Crippen LogP contribution in [0.1, 0.15) is 5.56 Å². The molecule has 1 N–H and O–H groups in total. The van der Waals surface area contributed by atoms with Crippen LogP contribution in [0.2, 0.25) is 0 Å². The van der Waals surface area contributed by atoms with Crippen LogP contribution in [-0.2, 0) is 4.79 Å². The number of benzene rings is 2. The Morgan fingerprint density at radius 1 is 1.05 bits per heavy atom. The van der Waals surface area contributed by atoms with E-state index in [2.05, 4.69) is 10.5 Å². The van der Waals surface area contributed by atoms with Gasteiger partial charge in [0.2, 0.25) is 5.91 Å². The van der Waals surface area contributed by atoms with Gasteiger partial charge in [-0.05, 0) is 23.8 Å². The van der Waals surface area contributed by atoms with Crippen LogP contribution in [0.4, 0.5) is 0 Å². The average molecular weight is 296 g/mol. The van der Waals surface area contributed by atoms with Crippen LogP contribution >= 0.6 is 11.8 Å². The highest BCUT2D eigenvalue weighted by atomic mass is 32.2. The number of nitrogens with zero attached hydrogens (tertiary/aromatic N) is 1. The molecule has 21 heavy (non-hydrogen) atoms. The fourth-order valence-corrected chi connectivity index (χ4v) is 2.28. The number of hydrogen-bond acceptors (Lipinski definition) is 3. The predicted molar refractivity (Wildman–Crippen MR) is 89.3 cm³/mol. The number of amides is 1. The van der Waals surface area contributed by atoms with Gasteiger partial charge in [0.1, 0.15) is 0 Å². The number of nitrogens with one attached hydrogen (secondary N) is 1. The van der Waals surface area contributed by atoms with Crippen LogP contribution in [0.15, 0.2) is 76.7 Å². The summed E-state index contributed by atoms with van der Waals surface area (Å²) in [4.78, 5) is 12.6. The van der Waals surface area contributed by atoms with E-state index in [9.17, 15) is 4.79 Å². The van der Waals surface area contributed by atoms with Gasteiger partial charge in [0, 0.05) is 11.1 Å². The van der Waals surface area contributed by atoms with Crippen molar-refractivity contribution in [2.24, 2.45) is 5.10 Å². The minimum Gasteiger partial charge on any atom is -0.272 e. The highest BCUT2D eigenvalue weighted by Gasteiger charge is 2.00. The summed E-state index contributed by atoms with van der Waals surface area (Å²) < 4.78 is 0. The van der Waals surface area contributed by atoms with Crippen molar-refractivity contribution in [3.63, 3.8) is 0 Å². The molecule has 3 nitrogen and oxygen atoms in total. The van der Waals surface area contributed by atoms with Crippen molar-refractivity contribution in [1.82, 2.24) is 5.43 Å². The molecule has 0 aliphatic rings. The molecule has 2 aromatic carbocycles. The molecule has 0 unspecified atom stereocenters. The molecule has 0 aliphatic heterocycles. The zero-order valence-electron chi connectivity index (χ0n) is 11.5. The zero-order valence-corrected chi connectivity index (χ0v) is 12.3. The van der Waals surface area contributed by atoms with Gasteiger partial charge >= 0.3 is 0 Å². The van der Waals surface area contributed by atoms with Gasteiger partial charge in [-0.1, -0.05) is 54.6 Å².